The fourth-order valence-electron chi connectivity index (χ4n) is 0.484. The summed E-state index contributed by atoms with van der Waals surface area (Å²) in [7, 11) is 0. The summed E-state index contributed by atoms with van der Waals surface area (Å²) in [6.45, 7) is 3.06. The molecule has 0 bridgehead atoms. The number of rotatable bonds is 3. The largest absolute Gasteiger partial charge is 0.478 e. The molecule has 12 heavy (non-hydrogen) atoms. The lowest BCUT2D eigenvalue weighted by Crippen LogP contribution is -1.98. The van der Waals surface area contributed by atoms with Crippen LogP contribution in [0.2, 0.25) is 0 Å². The Kier molecular flexibility index (Phi) is 4.29. The maximum atomic E-state index is 10.4. The predicted octanol–water partition coefficient (Wildman–Crippen LogP) is 1.73. The third kappa shape index (κ3) is 3.93. The highest BCUT2D eigenvalue weighted by atomic mass is 35.5. The summed E-state index contributed by atoms with van der Waals surface area (Å²) in [5.41, 5.74) is 0.709. The predicted molar refractivity (Wildman–Crippen MR) is 46.0 cm³/mol. The van der Waals surface area contributed by atoms with E-state index in [-0.39, 0.29) is 5.57 Å². The smallest absolute Gasteiger partial charge is 0.331 e. The molecule has 4 heteroatoms. The number of hydrogen-bond acceptors (Lipinski definition) is 2. The minimum atomic E-state index is -1.00. The number of hydrogen-bond donors (Lipinski definition) is 1. The van der Waals surface area contributed by atoms with Crippen molar-refractivity contribution in [2.75, 3.05) is 0 Å². The Morgan fingerprint density at radius 2 is 1.75 bits per heavy atom. The van der Waals surface area contributed by atoms with Crippen molar-refractivity contribution in [2.45, 2.75) is 13.8 Å². The van der Waals surface area contributed by atoms with Crippen LogP contribution in [0.15, 0.2) is 23.3 Å². The van der Waals surface area contributed by atoms with Gasteiger partial charge in [-0.2, -0.15) is 0 Å². The Labute approximate surface area is 75.3 Å². The molecule has 0 amide bonds. The van der Waals surface area contributed by atoms with Gasteiger partial charge >= 0.3 is 5.97 Å². The van der Waals surface area contributed by atoms with Crippen molar-refractivity contribution >= 4 is 22.8 Å². The van der Waals surface area contributed by atoms with Gasteiger partial charge in [-0.3, -0.25) is 4.79 Å². The summed E-state index contributed by atoms with van der Waals surface area (Å²) < 4.78 is 0. The van der Waals surface area contributed by atoms with Crippen LogP contribution in [0.25, 0.3) is 0 Å². The Morgan fingerprint density at radius 3 is 2.08 bits per heavy atom. The zero-order valence-electron chi connectivity index (χ0n) is 6.80. The number of carboxylic acids is 1. The molecule has 0 aromatic heterocycles. The standard InChI is InChI=1S/C8H9ClO3/c1-5(3-4-7(9)10)6(2)8(11)12/h3-4H,1-2H3,(H,11,12)/b4-3+,6-5-. The first-order valence-corrected chi connectivity index (χ1v) is 3.61. The summed E-state index contributed by atoms with van der Waals surface area (Å²) in [6.07, 6.45) is 2.49. The van der Waals surface area contributed by atoms with Gasteiger partial charge in [0.05, 0.1) is 0 Å². The van der Waals surface area contributed by atoms with Crippen LogP contribution in [-0.4, -0.2) is 16.3 Å². The van der Waals surface area contributed by atoms with Gasteiger partial charge in [0.15, 0.2) is 0 Å². The highest BCUT2D eigenvalue weighted by molar-refractivity contribution is 6.66. The molecule has 0 unspecified atom stereocenters. The zero-order valence-corrected chi connectivity index (χ0v) is 7.55. The van der Waals surface area contributed by atoms with Gasteiger partial charge in [0.25, 0.3) is 0 Å². The van der Waals surface area contributed by atoms with Crippen LogP contribution in [0.4, 0.5) is 0 Å². The lowest BCUT2D eigenvalue weighted by atomic mass is 10.1. The minimum Gasteiger partial charge on any atom is -0.478 e. The van der Waals surface area contributed by atoms with E-state index in [2.05, 4.69) is 0 Å². The van der Waals surface area contributed by atoms with Gasteiger partial charge in [-0.1, -0.05) is 6.08 Å². The maximum absolute atomic E-state index is 10.4. The van der Waals surface area contributed by atoms with Crippen LogP contribution in [0, 0.1) is 0 Å². The molecule has 0 aliphatic carbocycles. The molecule has 0 aliphatic heterocycles. The highest BCUT2D eigenvalue weighted by Gasteiger charge is 2.02. The summed E-state index contributed by atoms with van der Waals surface area (Å²) in [6, 6.07) is 0. The second-order valence-electron chi connectivity index (χ2n) is 2.25. The van der Waals surface area contributed by atoms with Crippen LogP contribution in [0.5, 0.6) is 0 Å². The molecule has 0 rings (SSSR count). The lowest BCUT2D eigenvalue weighted by molar-refractivity contribution is -0.132. The maximum Gasteiger partial charge on any atom is 0.331 e. The van der Waals surface area contributed by atoms with Crippen molar-refractivity contribution in [3.8, 4) is 0 Å². The molecular weight excluding hydrogens is 180 g/mol. The van der Waals surface area contributed by atoms with Crippen LogP contribution in [0.3, 0.4) is 0 Å². The molecule has 0 saturated carbocycles. The van der Waals surface area contributed by atoms with Crippen LogP contribution in [-0.2, 0) is 9.59 Å². The Morgan fingerprint density at radius 1 is 1.25 bits per heavy atom. The second kappa shape index (κ2) is 4.72. The van der Waals surface area contributed by atoms with Crippen molar-refractivity contribution in [3.63, 3.8) is 0 Å². The summed E-state index contributed by atoms with van der Waals surface area (Å²) in [5, 5.41) is 7.89. The number of carbonyl (C=O) groups excluding carboxylic acids is 1. The van der Waals surface area contributed by atoms with E-state index in [1.165, 1.54) is 13.0 Å². The van der Waals surface area contributed by atoms with Gasteiger partial charge in [0, 0.05) is 5.57 Å². The SMILES string of the molecule is CC(/C=C/C(=O)Cl)=C(\C)C(=O)O. The molecule has 0 atom stereocenters. The quantitative estimate of drug-likeness (QED) is 0.417. The average molecular weight is 189 g/mol. The van der Waals surface area contributed by atoms with E-state index >= 15 is 0 Å². The molecule has 0 aromatic carbocycles. The average Bonchev–Trinajstić information content (AvgIpc) is 1.98. The molecule has 0 spiro atoms. The molecule has 1 N–H and O–H groups in total. The van der Waals surface area contributed by atoms with Crippen LogP contribution < -0.4 is 0 Å². The fraction of sp³-hybridized carbons (Fsp3) is 0.250. The first-order valence-electron chi connectivity index (χ1n) is 3.23. The van der Waals surface area contributed by atoms with E-state index in [0.717, 1.165) is 6.08 Å². The Bertz CT molecular complexity index is 263. The number of aliphatic carboxylic acids is 1. The first kappa shape index (κ1) is 10.9. The van der Waals surface area contributed by atoms with E-state index < -0.39 is 11.2 Å². The normalized spacial score (nSPS) is 12.9. The molecule has 3 nitrogen and oxygen atoms in total. The molecule has 0 fully saturated rings. The van der Waals surface area contributed by atoms with Crippen molar-refractivity contribution in [1.82, 2.24) is 0 Å². The monoisotopic (exact) mass is 188 g/mol. The first-order chi connectivity index (χ1) is 5.45. The van der Waals surface area contributed by atoms with E-state index in [9.17, 15) is 9.59 Å². The summed E-state index contributed by atoms with van der Waals surface area (Å²) >= 11 is 5.01. The van der Waals surface area contributed by atoms with E-state index in [1.54, 1.807) is 6.92 Å². The van der Waals surface area contributed by atoms with Gasteiger partial charge in [-0.05, 0) is 37.1 Å². The van der Waals surface area contributed by atoms with Crippen molar-refractivity contribution < 1.29 is 14.7 Å². The number of carbonyl (C=O) groups is 2. The van der Waals surface area contributed by atoms with E-state index in [0.29, 0.717) is 5.57 Å². The van der Waals surface area contributed by atoms with Gasteiger partial charge < -0.3 is 5.11 Å². The van der Waals surface area contributed by atoms with Gasteiger partial charge in [0.2, 0.25) is 5.24 Å². The Hall–Kier alpha value is -1.09. The van der Waals surface area contributed by atoms with Crippen molar-refractivity contribution in [1.29, 1.82) is 0 Å². The number of halogens is 1. The highest BCUT2D eigenvalue weighted by Crippen LogP contribution is 2.04. The molecule has 0 aromatic rings. The summed E-state index contributed by atoms with van der Waals surface area (Å²) in [4.78, 5) is 20.6. The van der Waals surface area contributed by atoms with Gasteiger partial charge in [-0.15, -0.1) is 0 Å². The van der Waals surface area contributed by atoms with E-state index in [4.69, 9.17) is 16.7 Å². The van der Waals surface area contributed by atoms with Crippen LogP contribution >= 0.6 is 11.6 Å². The molecule has 66 valence electrons. The number of allylic oxidation sites excluding steroid dienone is 3. The fourth-order valence-corrected chi connectivity index (χ4v) is 0.547. The van der Waals surface area contributed by atoms with Gasteiger partial charge in [-0.25, -0.2) is 4.79 Å². The van der Waals surface area contributed by atoms with Crippen molar-refractivity contribution in [2.24, 2.45) is 0 Å². The van der Waals surface area contributed by atoms with Gasteiger partial charge in [0.1, 0.15) is 0 Å². The topological polar surface area (TPSA) is 54.4 Å². The summed E-state index contributed by atoms with van der Waals surface area (Å²) in [5.74, 6) is -1.00. The third-order valence-corrected chi connectivity index (χ3v) is 1.50. The third-order valence-electron chi connectivity index (χ3n) is 1.38. The van der Waals surface area contributed by atoms with Crippen LogP contribution in [0.1, 0.15) is 13.8 Å². The minimum absolute atomic E-state index is 0.198. The zero-order chi connectivity index (χ0) is 9.72. The molecule has 0 aliphatic rings. The Balaban J connectivity index is 4.58. The second-order valence-corrected chi connectivity index (χ2v) is 2.62. The molecule has 0 radical (unpaired) electrons. The molecular formula is C8H9ClO3. The number of carboxylic acid groups (broad SMARTS) is 1. The lowest BCUT2D eigenvalue weighted by Gasteiger charge is -1.95. The molecule has 0 saturated heterocycles. The van der Waals surface area contributed by atoms with Crippen molar-refractivity contribution in [3.05, 3.63) is 23.3 Å². The van der Waals surface area contributed by atoms with E-state index in [1.807, 2.05) is 0 Å². The molecule has 0 heterocycles.